The number of hydrogen-bond donors (Lipinski definition) is 1. The number of carbonyl (C=O) groups excluding carboxylic acids is 1. The minimum Gasteiger partial charge on any atom is -0.507 e. The standard InChI is InChI=1S/C26H27NO4/c1-16-7-5-6-12-27(16)15-21-22(28)11-10-20-25(29)24(31-26(20)21)14-19-13-18-8-3-4-9-23(18)30-17(19)2/h3-4,8-11,13-14,16-17,28H,5-7,12,15H2,1-2H3/b24-14-/t16-,17-/m0/s1. The summed E-state index contributed by atoms with van der Waals surface area (Å²) in [5, 5.41) is 10.6. The zero-order valence-corrected chi connectivity index (χ0v) is 17.9. The molecule has 0 bridgehead atoms. The number of nitrogens with zero attached hydrogens (tertiary/aromatic N) is 1. The summed E-state index contributed by atoms with van der Waals surface area (Å²) in [5.74, 6) is 1.61. The Hall–Kier alpha value is -3.05. The molecule has 5 rings (SSSR count). The van der Waals surface area contributed by atoms with Crippen molar-refractivity contribution < 1.29 is 19.4 Å². The minimum atomic E-state index is -0.190. The normalized spacial score (nSPS) is 24.3. The van der Waals surface area contributed by atoms with E-state index < -0.39 is 0 Å². The summed E-state index contributed by atoms with van der Waals surface area (Å²) < 4.78 is 12.1. The van der Waals surface area contributed by atoms with Crippen molar-refractivity contribution in [2.45, 2.75) is 51.8 Å². The lowest BCUT2D eigenvalue weighted by atomic mass is 9.99. The van der Waals surface area contributed by atoms with E-state index >= 15 is 0 Å². The van der Waals surface area contributed by atoms with E-state index in [1.165, 1.54) is 6.42 Å². The molecule has 2 aromatic rings. The Labute approximate surface area is 182 Å². The molecule has 1 saturated heterocycles. The average molecular weight is 418 g/mol. The molecular formula is C26H27NO4. The topological polar surface area (TPSA) is 59.0 Å². The molecule has 0 saturated carbocycles. The van der Waals surface area contributed by atoms with Gasteiger partial charge in [0.1, 0.15) is 23.4 Å². The number of ketones is 1. The van der Waals surface area contributed by atoms with Crippen LogP contribution in [0.4, 0.5) is 0 Å². The van der Waals surface area contributed by atoms with E-state index in [0.29, 0.717) is 29.5 Å². The van der Waals surface area contributed by atoms with Crippen molar-refractivity contribution in [3.05, 3.63) is 70.5 Å². The van der Waals surface area contributed by atoms with E-state index in [0.717, 1.165) is 36.3 Å². The van der Waals surface area contributed by atoms with Crippen LogP contribution in [0.5, 0.6) is 17.2 Å². The largest absolute Gasteiger partial charge is 0.507 e. The van der Waals surface area contributed by atoms with Crippen LogP contribution in [0.1, 0.15) is 54.6 Å². The van der Waals surface area contributed by atoms with Crippen molar-refractivity contribution >= 4 is 11.9 Å². The van der Waals surface area contributed by atoms with Crippen molar-refractivity contribution in [1.82, 2.24) is 4.90 Å². The first-order chi connectivity index (χ1) is 15.0. The monoisotopic (exact) mass is 417 g/mol. The van der Waals surface area contributed by atoms with Crippen LogP contribution in [0.25, 0.3) is 6.08 Å². The summed E-state index contributed by atoms with van der Waals surface area (Å²) in [7, 11) is 0. The van der Waals surface area contributed by atoms with Crippen LogP contribution < -0.4 is 9.47 Å². The third-order valence-corrected chi connectivity index (χ3v) is 6.53. The number of aromatic hydroxyl groups is 1. The van der Waals surface area contributed by atoms with E-state index in [9.17, 15) is 9.90 Å². The minimum absolute atomic E-state index is 0.157. The summed E-state index contributed by atoms with van der Waals surface area (Å²) in [4.78, 5) is 15.4. The number of Topliss-reactive ketones (excluding diaryl/α,β-unsaturated/α-hetero) is 1. The SMILES string of the molecule is C[C@@H]1Oc2ccccc2C=C1/C=C1\Oc2c(ccc(O)c2CN2CCCC[C@@H]2C)C1=O. The van der Waals surface area contributed by atoms with E-state index in [1.807, 2.05) is 37.3 Å². The molecule has 0 aliphatic carbocycles. The molecule has 0 unspecified atom stereocenters. The van der Waals surface area contributed by atoms with E-state index in [1.54, 1.807) is 18.2 Å². The van der Waals surface area contributed by atoms with Gasteiger partial charge in [0.15, 0.2) is 5.76 Å². The zero-order valence-electron chi connectivity index (χ0n) is 17.9. The Balaban J connectivity index is 1.47. The van der Waals surface area contributed by atoms with Gasteiger partial charge in [-0.1, -0.05) is 24.6 Å². The predicted octanol–water partition coefficient (Wildman–Crippen LogP) is 5.09. The van der Waals surface area contributed by atoms with Gasteiger partial charge < -0.3 is 14.6 Å². The van der Waals surface area contributed by atoms with Gasteiger partial charge in [-0.3, -0.25) is 9.69 Å². The maximum atomic E-state index is 13.1. The second-order valence-electron chi connectivity index (χ2n) is 8.64. The van der Waals surface area contributed by atoms with Crippen LogP contribution in [0, 0.1) is 0 Å². The smallest absolute Gasteiger partial charge is 0.231 e. The molecular weight excluding hydrogens is 390 g/mol. The number of ether oxygens (including phenoxy) is 2. The lowest BCUT2D eigenvalue weighted by molar-refractivity contribution is 0.101. The third-order valence-electron chi connectivity index (χ3n) is 6.53. The Morgan fingerprint density at radius 3 is 2.84 bits per heavy atom. The number of rotatable bonds is 3. The number of piperidine rings is 1. The van der Waals surface area contributed by atoms with Crippen LogP contribution in [-0.4, -0.2) is 34.5 Å². The molecule has 3 aliphatic rings. The molecule has 160 valence electrons. The highest BCUT2D eigenvalue weighted by atomic mass is 16.5. The first kappa shape index (κ1) is 19.9. The number of allylic oxidation sites excluding steroid dienone is 1. The summed E-state index contributed by atoms with van der Waals surface area (Å²) in [6.45, 7) is 5.74. The molecule has 5 heteroatoms. The zero-order chi connectivity index (χ0) is 21.5. The number of fused-ring (bicyclic) bond motifs is 2. The van der Waals surface area contributed by atoms with E-state index in [4.69, 9.17) is 9.47 Å². The Morgan fingerprint density at radius 1 is 1.16 bits per heavy atom. The van der Waals surface area contributed by atoms with E-state index in [2.05, 4.69) is 11.8 Å². The molecule has 2 atom stereocenters. The highest BCUT2D eigenvalue weighted by Gasteiger charge is 2.33. The van der Waals surface area contributed by atoms with Crippen LogP contribution in [0.15, 0.2) is 53.8 Å². The van der Waals surface area contributed by atoms with Gasteiger partial charge >= 0.3 is 0 Å². The van der Waals surface area contributed by atoms with Crippen LogP contribution in [-0.2, 0) is 6.54 Å². The number of phenols is 1. The molecule has 0 amide bonds. The lowest BCUT2D eigenvalue weighted by Gasteiger charge is -2.33. The summed E-state index contributed by atoms with van der Waals surface area (Å²) in [5.41, 5.74) is 3.06. The van der Waals surface area contributed by atoms with Gasteiger partial charge in [0, 0.05) is 18.2 Å². The first-order valence-electron chi connectivity index (χ1n) is 11.0. The molecule has 0 spiro atoms. The molecule has 0 aromatic heterocycles. The average Bonchev–Trinajstić information content (AvgIpc) is 3.07. The van der Waals surface area contributed by atoms with Gasteiger partial charge in [0.05, 0.1) is 11.1 Å². The fourth-order valence-electron chi connectivity index (χ4n) is 4.62. The fraction of sp³-hybridized carbons (Fsp3) is 0.346. The molecule has 1 N–H and O–H groups in total. The molecule has 0 radical (unpaired) electrons. The molecule has 5 nitrogen and oxygen atoms in total. The van der Waals surface area contributed by atoms with E-state index in [-0.39, 0.29) is 23.4 Å². The molecule has 1 fully saturated rings. The van der Waals surface area contributed by atoms with Crippen molar-refractivity contribution in [2.24, 2.45) is 0 Å². The van der Waals surface area contributed by atoms with Crippen molar-refractivity contribution in [3.63, 3.8) is 0 Å². The van der Waals surface area contributed by atoms with Crippen LogP contribution in [0.3, 0.4) is 0 Å². The van der Waals surface area contributed by atoms with Gasteiger partial charge in [0.25, 0.3) is 0 Å². The van der Waals surface area contributed by atoms with Crippen molar-refractivity contribution in [1.29, 1.82) is 0 Å². The van der Waals surface area contributed by atoms with Crippen LogP contribution in [0.2, 0.25) is 0 Å². The highest BCUT2D eigenvalue weighted by Crippen LogP contribution is 2.41. The van der Waals surface area contributed by atoms with Gasteiger partial charge in [0.2, 0.25) is 5.78 Å². The highest BCUT2D eigenvalue weighted by molar-refractivity contribution is 6.13. The number of carbonyl (C=O) groups is 1. The number of para-hydroxylation sites is 1. The maximum Gasteiger partial charge on any atom is 0.231 e. The summed E-state index contributed by atoms with van der Waals surface area (Å²) in [6, 6.07) is 11.5. The molecule has 3 heterocycles. The number of hydrogen-bond acceptors (Lipinski definition) is 5. The fourth-order valence-corrected chi connectivity index (χ4v) is 4.62. The third kappa shape index (κ3) is 3.63. The molecule has 3 aliphatic heterocycles. The quantitative estimate of drug-likeness (QED) is 0.705. The summed E-state index contributed by atoms with van der Waals surface area (Å²) >= 11 is 0. The maximum absolute atomic E-state index is 13.1. The van der Waals surface area contributed by atoms with Gasteiger partial charge in [-0.2, -0.15) is 0 Å². The van der Waals surface area contributed by atoms with Gasteiger partial charge in [-0.05, 0) is 69.2 Å². The second kappa shape index (κ2) is 7.89. The second-order valence-corrected chi connectivity index (χ2v) is 8.64. The Morgan fingerprint density at radius 2 is 2.00 bits per heavy atom. The number of benzene rings is 2. The molecule has 2 aromatic carbocycles. The Kier molecular flexibility index (Phi) is 5.06. The number of likely N-dealkylation sites (tertiary alicyclic amines) is 1. The lowest BCUT2D eigenvalue weighted by Crippen LogP contribution is -2.36. The molecule has 31 heavy (non-hydrogen) atoms. The van der Waals surface area contributed by atoms with Gasteiger partial charge in [-0.25, -0.2) is 0 Å². The van der Waals surface area contributed by atoms with Crippen molar-refractivity contribution in [2.75, 3.05) is 6.54 Å². The van der Waals surface area contributed by atoms with Crippen molar-refractivity contribution in [3.8, 4) is 17.2 Å². The summed E-state index contributed by atoms with van der Waals surface area (Å²) in [6.07, 6.45) is 7.14. The first-order valence-corrected chi connectivity index (χ1v) is 11.0. The predicted molar refractivity (Wildman–Crippen MR) is 119 cm³/mol. The Bertz CT molecular complexity index is 1100. The van der Waals surface area contributed by atoms with Crippen LogP contribution >= 0.6 is 0 Å². The number of phenolic OH excluding ortho intramolecular Hbond substituents is 1. The van der Waals surface area contributed by atoms with Gasteiger partial charge in [-0.15, -0.1) is 0 Å².